The van der Waals surface area contributed by atoms with Crippen LogP contribution in [-0.4, -0.2) is 48.8 Å². The molecule has 1 saturated heterocycles. The Kier molecular flexibility index (Phi) is 6.56. The van der Waals surface area contributed by atoms with Gasteiger partial charge >= 0.3 is 18.1 Å². The number of carbonyl (C=O) groups is 3. The molecular formula is C19H22F3NO6. The second-order valence-corrected chi connectivity index (χ2v) is 7.39. The van der Waals surface area contributed by atoms with Gasteiger partial charge in [-0.1, -0.05) is 0 Å². The van der Waals surface area contributed by atoms with Crippen molar-refractivity contribution in [3.63, 3.8) is 0 Å². The van der Waals surface area contributed by atoms with Gasteiger partial charge in [-0.05, 0) is 45.0 Å². The topological polar surface area (TPSA) is 82.1 Å². The molecule has 1 amide bonds. The molecule has 10 heteroatoms. The van der Waals surface area contributed by atoms with E-state index in [1.165, 1.54) is 4.90 Å². The van der Waals surface area contributed by atoms with Crippen LogP contribution >= 0.6 is 0 Å². The number of nitrogens with zero attached hydrogens (tertiary/aromatic N) is 1. The van der Waals surface area contributed by atoms with E-state index in [0.717, 1.165) is 31.2 Å². The predicted molar refractivity (Wildman–Crippen MR) is 94.9 cm³/mol. The Hall–Kier alpha value is -2.62. The first-order chi connectivity index (χ1) is 13.3. The molecule has 1 aliphatic rings. The van der Waals surface area contributed by atoms with E-state index in [1.54, 1.807) is 20.8 Å². The zero-order chi connectivity index (χ0) is 22.0. The third-order valence-corrected chi connectivity index (χ3v) is 3.84. The second-order valence-electron chi connectivity index (χ2n) is 7.39. The maximum Gasteiger partial charge on any atom is 0.416 e. The maximum atomic E-state index is 12.9. The molecule has 0 saturated carbocycles. The van der Waals surface area contributed by atoms with Gasteiger partial charge in [-0.25, -0.2) is 4.79 Å². The highest BCUT2D eigenvalue weighted by atomic mass is 19.4. The van der Waals surface area contributed by atoms with Gasteiger partial charge in [0.1, 0.15) is 5.60 Å². The highest BCUT2D eigenvalue weighted by Crippen LogP contribution is 2.31. The van der Waals surface area contributed by atoms with Crippen LogP contribution in [0.1, 0.15) is 33.3 Å². The first-order valence-electron chi connectivity index (χ1n) is 8.80. The average molecular weight is 417 g/mol. The molecule has 1 aromatic rings. The molecule has 0 spiro atoms. The van der Waals surface area contributed by atoms with Gasteiger partial charge in [0.2, 0.25) is 6.10 Å². The van der Waals surface area contributed by atoms with Crippen molar-refractivity contribution in [2.24, 2.45) is 0 Å². The molecule has 1 aliphatic heterocycles. The van der Waals surface area contributed by atoms with Crippen molar-refractivity contribution in [2.75, 3.05) is 18.1 Å². The van der Waals surface area contributed by atoms with Crippen LogP contribution < -0.4 is 4.90 Å². The summed E-state index contributed by atoms with van der Waals surface area (Å²) in [6.45, 7) is 5.92. The van der Waals surface area contributed by atoms with Crippen molar-refractivity contribution in [1.29, 1.82) is 0 Å². The summed E-state index contributed by atoms with van der Waals surface area (Å²) in [5, 5.41) is 0. The van der Waals surface area contributed by atoms with E-state index in [9.17, 15) is 27.6 Å². The van der Waals surface area contributed by atoms with E-state index in [-0.39, 0.29) is 18.8 Å². The molecule has 0 bridgehead atoms. The van der Waals surface area contributed by atoms with E-state index in [1.807, 2.05) is 0 Å². The largest absolute Gasteiger partial charge is 0.457 e. The van der Waals surface area contributed by atoms with E-state index in [0.29, 0.717) is 0 Å². The lowest BCUT2D eigenvalue weighted by molar-refractivity contribution is -0.188. The van der Waals surface area contributed by atoms with Crippen LogP contribution in [0.2, 0.25) is 0 Å². The van der Waals surface area contributed by atoms with Gasteiger partial charge in [0.15, 0.2) is 6.10 Å². The minimum atomic E-state index is -4.51. The quantitative estimate of drug-likeness (QED) is 0.701. The number of hydrogen-bond donors (Lipinski definition) is 0. The molecule has 1 aromatic carbocycles. The number of benzene rings is 1. The minimum absolute atomic E-state index is 0.0159. The van der Waals surface area contributed by atoms with Crippen LogP contribution in [0.3, 0.4) is 0 Å². The second kappa shape index (κ2) is 8.40. The number of ether oxygens (including phenoxy) is 3. The number of amides is 1. The molecule has 0 radical (unpaired) electrons. The molecule has 1 unspecified atom stereocenters. The Morgan fingerprint density at radius 2 is 1.76 bits per heavy atom. The summed E-state index contributed by atoms with van der Waals surface area (Å²) in [6.07, 6.45) is -7.63. The summed E-state index contributed by atoms with van der Waals surface area (Å²) in [5.41, 5.74) is -1.56. The van der Waals surface area contributed by atoms with Crippen LogP contribution in [0.4, 0.5) is 18.9 Å². The molecule has 1 heterocycles. The number of halogens is 3. The maximum absolute atomic E-state index is 12.9. The monoisotopic (exact) mass is 417 g/mol. The fourth-order valence-electron chi connectivity index (χ4n) is 2.68. The lowest BCUT2D eigenvalue weighted by atomic mass is 10.1. The molecule has 0 aromatic heterocycles. The summed E-state index contributed by atoms with van der Waals surface area (Å²) in [4.78, 5) is 38.0. The van der Waals surface area contributed by atoms with E-state index < -0.39 is 47.4 Å². The van der Waals surface area contributed by atoms with Crippen molar-refractivity contribution in [2.45, 2.75) is 51.7 Å². The van der Waals surface area contributed by atoms with Gasteiger partial charge in [0.25, 0.3) is 5.91 Å². The van der Waals surface area contributed by atoms with Crippen LogP contribution in [0.5, 0.6) is 0 Å². The number of anilines is 1. The van der Waals surface area contributed by atoms with Gasteiger partial charge < -0.3 is 19.1 Å². The molecule has 29 heavy (non-hydrogen) atoms. The zero-order valence-electron chi connectivity index (χ0n) is 16.4. The number of esters is 2. The number of alkyl halides is 3. The van der Waals surface area contributed by atoms with Crippen LogP contribution in [-0.2, 0) is 34.8 Å². The standard InChI is InChI=1S/C19H22F3NO6/c1-11(24)28-15(17(26)29-18(2,3)4)14-16(25)23(9-10-27-14)13-7-5-12(6-8-13)19(20,21)22/h5-8,14-15H,9-10H2,1-4H3/t14-,15?/m1/s1. The van der Waals surface area contributed by atoms with Gasteiger partial charge in [0.05, 0.1) is 12.2 Å². The van der Waals surface area contributed by atoms with Crippen molar-refractivity contribution >= 4 is 23.5 Å². The SMILES string of the molecule is CC(=O)OC(C(=O)OC(C)(C)C)[C@H]1OCCN(c2ccc(C(F)(F)F)cc2)C1=O. The number of carbonyl (C=O) groups excluding carboxylic acids is 3. The molecule has 2 atom stereocenters. The number of rotatable bonds is 4. The Morgan fingerprint density at radius 3 is 2.24 bits per heavy atom. The van der Waals surface area contributed by atoms with Crippen LogP contribution in [0, 0.1) is 0 Å². The fourth-order valence-corrected chi connectivity index (χ4v) is 2.68. The average Bonchev–Trinajstić information content (AvgIpc) is 2.58. The first-order valence-corrected chi connectivity index (χ1v) is 8.80. The molecular weight excluding hydrogens is 395 g/mol. The van der Waals surface area contributed by atoms with E-state index in [2.05, 4.69) is 0 Å². The van der Waals surface area contributed by atoms with Crippen molar-refractivity contribution < 1.29 is 41.8 Å². The van der Waals surface area contributed by atoms with Gasteiger partial charge in [-0.15, -0.1) is 0 Å². The predicted octanol–water partition coefficient (Wildman–Crippen LogP) is 2.71. The molecule has 0 N–H and O–H groups in total. The summed E-state index contributed by atoms with van der Waals surface area (Å²) in [7, 11) is 0. The summed E-state index contributed by atoms with van der Waals surface area (Å²) >= 11 is 0. The molecule has 2 rings (SSSR count). The summed E-state index contributed by atoms with van der Waals surface area (Å²) in [6, 6.07) is 4.00. The van der Waals surface area contributed by atoms with Crippen molar-refractivity contribution in [3.05, 3.63) is 29.8 Å². The van der Waals surface area contributed by atoms with Crippen molar-refractivity contribution in [1.82, 2.24) is 0 Å². The number of morpholine rings is 1. The third kappa shape index (κ3) is 5.93. The van der Waals surface area contributed by atoms with Gasteiger partial charge in [0, 0.05) is 19.2 Å². The lowest BCUT2D eigenvalue weighted by Crippen LogP contribution is -2.56. The summed E-state index contributed by atoms with van der Waals surface area (Å²) < 4.78 is 53.8. The van der Waals surface area contributed by atoms with E-state index in [4.69, 9.17) is 14.2 Å². The third-order valence-electron chi connectivity index (χ3n) is 3.84. The minimum Gasteiger partial charge on any atom is -0.457 e. The molecule has 7 nitrogen and oxygen atoms in total. The highest BCUT2D eigenvalue weighted by Gasteiger charge is 2.44. The smallest absolute Gasteiger partial charge is 0.416 e. The Morgan fingerprint density at radius 1 is 1.17 bits per heavy atom. The summed E-state index contributed by atoms with van der Waals surface area (Å²) in [5.74, 6) is -2.50. The molecule has 160 valence electrons. The molecule has 1 fully saturated rings. The van der Waals surface area contributed by atoms with Crippen LogP contribution in [0.25, 0.3) is 0 Å². The van der Waals surface area contributed by atoms with Crippen molar-refractivity contribution in [3.8, 4) is 0 Å². The Balaban J connectivity index is 2.27. The van der Waals surface area contributed by atoms with Crippen LogP contribution in [0.15, 0.2) is 24.3 Å². The Labute approximate surface area is 165 Å². The fraction of sp³-hybridized carbons (Fsp3) is 0.526. The molecule has 0 aliphatic carbocycles. The lowest BCUT2D eigenvalue weighted by Gasteiger charge is -2.35. The first kappa shape index (κ1) is 22.7. The van der Waals surface area contributed by atoms with Gasteiger partial charge in [-0.3, -0.25) is 9.59 Å². The highest BCUT2D eigenvalue weighted by molar-refractivity contribution is 6.00. The zero-order valence-corrected chi connectivity index (χ0v) is 16.4. The van der Waals surface area contributed by atoms with E-state index >= 15 is 0 Å². The van der Waals surface area contributed by atoms with Gasteiger partial charge in [-0.2, -0.15) is 13.2 Å². The number of hydrogen-bond acceptors (Lipinski definition) is 6. The Bertz CT molecular complexity index is 770. The normalized spacial score (nSPS) is 18.9.